The van der Waals surface area contributed by atoms with Crippen LogP contribution in [0.15, 0.2) is 30.4 Å². The lowest BCUT2D eigenvalue weighted by molar-refractivity contribution is -0.146. The minimum absolute atomic E-state index is 0.164. The molecule has 3 amide bonds. The summed E-state index contributed by atoms with van der Waals surface area (Å²) in [7, 11) is 0. The number of halogens is 1. The van der Waals surface area contributed by atoms with Crippen LogP contribution in [-0.4, -0.2) is 28.7 Å². The van der Waals surface area contributed by atoms with E-state index in [9.17, 15) is 14.4 Å². The molecule has 0 aromatic heterocycles. The Hall–Kier alpha value is -2.14. The Bertz CT molecular complexity index is 875. The minimum Gasteiger partial charge on any atom is -0.324 e. The first-order valence-corrected chi connectivity index (χ1v) is 9.89. The number of anilines is 1. The molecule has 6 rings (SSSR count). The van der Waals surface area contributed by atoms with Crippen LogP contribution in [0.5, 0.6) is 0 Å². The van der Waals surface area contributed by atoms with Gasteiger partial charge in [-0.05, 0) is 61.6 Å². The topological polar surface area (TPSA) is 66.5 Å². The Labute approximate surface area is 162 Å². The number of imide groups is 1. The van der Waals surface area contributed by atoms with Gasteiger partial charge in [0.05, 0.1) is 11.8 Å². The van der Waals surface area contributed by atoms with Crippen molar-refractivity contribution in [3.8, 4) is 0 Å². The second-order valence-corrected chi connectivity index (χ2v) is 8.69. The van der Waals surface area contributed by atoms with Crippen LogP contribution in [0, 0.1) is 42.4 Å². The number of amides is 3. The predicted molar refractivity (Wildman–Crippen MR) is 101 cm³/mol. The summed E-state index contributed by atoms with van der Waals surface area (Å²) in [4.78, 5) is 40.2. The molecule has 1 heterocycles. The number of likely N-dealkylation sites (tertiary alicyclic amines) is 1. The van der Waals surface area contributed by atoms with Crippen LogP contribution in [0.2, 0.25) is 5.02 Å². The lowest BCUT2D eigenvalue weighted by Gasteiger charge is -2.37. The van der Waals surface area contributed by atoms with Crippen LogP contribution in [0.1, 0.15) is 18.9 Å². The van der Waals surface area contributed by atoms with E-state index in [-0.39, 0.29) is 41.4 Å². The Kier molecular flexibility index (Phi) is 3.57. The number of allylic oxidation sites excluding steroid dienone is 2. The second kappa shape index (κ2) is 5.68. The van der Waals surface area contributed by atoms with E-state index in [2.05, 4.69) is 17.5 Å². The van der Waals surface area contributed by atoms with Crippen LogP contribution < -0.4 is 5.32 Å². The molecule has 1 aromatic rings. The number of carbonyl (C=O) groups excluding carboxylic acids is 3. The number of hydrogen-bond acceptors (Lipinski definition) is 3. The summed E-state index contributed by atoms with van der Waals surface area (Å²) in [6, 6.07) is 4.43. The van der Waals surface area contributed by atoms with Gasteiger partial charge in [0.25, 0.3) is 0 Å². The smallest absolute Gasteiger partial charge is 0.247 e. The molecule has 0 radical (unpaired) electrons. The first-order valence-electron chi connectivity index (χ1n) is 9.51. The number of benzene rings is 1. The van der Waals surface area contributed by atoms with E-state index < -0.39 is 6.04 Å². The van der Waals surface area contributed by atoms with Crippen LogP contribution >= 0.6 is 11.6 Å². The summed E-state index contributed by atoms with van der Waals surface area (Å²) in [6.07, 6.45) is 5.39. The highest BCUT2D eigenvalue weighted by Crippen LogP contribution is 2.65. The highest BCUT2D eigenvalue weighted by molar-refractivity contribution is 6.31. The Morgan fingerprint density at radius 1 is 1.15 bits per heavy atom. The molecule has 1 aliphatic heterocycles. The largest absolute Gasteiger partial charge is 0.324 e. The molecule has 2 saturated carbocycles. The van der Waals surface area contributed by atoms with Gasteiger partial charge in [0.1, 0.15) is 6.04 Å². The van der Waals surface area contributed by atoms with E-state index in [0.717, 1.165) is 12.0 Å². The monoisotopic (exact) mass is 384 g/mol. The fourth-order valence-corrected chi connectivity index (χ4v) is 5.63. The molecule has 1 saturated heterocycles. The van der Waals surface area contributed by atoms with Crippen molar-refractivity contribution < 1.29 is 14.4 Å². The van der Waals surface area contributed by atoms with Gasteiger partial charge in [0.2, 0.25) is 17.7 Å². The zero-order chi connectivity index (χ0) is 19.0. The maximum absolute atomic E-state index is 13.1. The molecule has 3 fully saturated rings. The molecule has 4 aliphatic carbocycles. The summed E-state index contributed by atoms with van der Waals surface area (Å²) in [6.45, 7) is 3.44. The average molecular weight is 385 g/mol. The van der Waals surface area contributed by atoms with Crippen molar-refractivity contribution in [2.24, 2.45) is 35.5 Å². The van der Waals surface area contributed by atoms with Crippen molar-refractivity contribution in [2.45, 2.75) is 26.3 Å². The molecule has 1 N–H and O–H groups in total. The normalized spacial score (nSPS) is 36.5. The van der Waals surface area contributed by atoms with Gasteiger partial charge in [-0.15, -0.1) is 0 Å². The van der Waals surface area contributed by atoms with Gasteiger partial charge in [-0.1, -0.05) is 29.8 Å². The van der Waals surface area contributed by atoms with Crippen LogP contribution in [-0.2, 0) is 14.4 Å². The fraction of sp³-hybridized carbons (Fsp3) is 0.476. The molecule has 6 heteroatoms. The van der Waals surface area contributed by atoms with E-state index >= 15 is 0 Å². The van der Waals surface area contributed by atoms with E-state index in [1.165, 1.54) is 4.90 Å². The highest BCUT2D eigenvalue weighted by Gasteiger charge is 2.67. The number of nitrogens with one attached hydrogen (secondary N) is 1. The molecule has 5 nitrogen and oxygen atoms in total. The Morgan fingerprint density at radius 3 is 2.33 bits per heavy atom. The zero-order valence-electron chi connectivity index (χ0n) is 15.2. The molecule has 7 atom stereocenters. The minimum atomic E-state index is -0.843. The Morgan fingerprint density at radius 2 is 1.74 bits per heavy atom. The van der Waals surface area contributed by atoms with E-state index in [4.69, 9.17) is 11.6 Å². The molecular weight excluding hydrogens is 364 g/mol. The summed E-state index contributed by atoms with van der Waals surface area (Å²) < 4.78 is 0. The molecule has 2 bridgehead atoms. The summed E-state index contributed by atoms with van der Waals surface area (Å²) in [5, 5.41) is 3.38. The molecule has 0 spiro atoms. The van der Waals surface area contributed by atoms with Gasteiger partial charge in [0.15, 0.2) is 0 Å². The van der Waals surface area contributed by atoms with Crippen molar-refractivity contribution in [3.05, 3.63) is 40.9 Å². The first-order chi connectivity index (χ1) is 12.9. The predicted octanol–water partition coefficient (Wildman–Crippen LogP) is 3.03. The van der Waals surface area contributed by atoms with Gasteiger partial charge in [-0.3, -0.25) is 19.3 Å². The fourth-order valence-electron chi connectivity index (χ4n) is 5.46. The number of carbonyl (C=O) groups is 3. The van der Waals surface area contributed by atoms with Crippen molar-refractivity contribution >= 4 is 35.0 Å². The maximum Gasteiger partial charge on any atom is 0.247 e. The Balaban J connectivity index is 1.39. The van der Waals surface area contributed by atoms with Crippen molar-refractivity contribution in [2.75, 3.05) is 5.32 Å². The van der Waals surface area contributed by atoms with E-state index in [0.29, 0.717) is 22.5 Å². The first kappa shape index (κ1) is 17.0. The number of hydrogen-bond donors (Lipinski definition) is 1. The molecule has 27 heavy (non-hydrogen) atoms. The number of nitrogens with zero attached hydrogens (tertiary/aromatic N) is 1. The van der Waals surface area contributed by atoms with Gasteiger partial charge >= 0.3 is 0 Å². The van der Waals surface area contributed by atoms with E-state index in [1.54, 1.807) is 25.1 Å². The lowest BCUT2D eigenvalue weighted by atomic mass is 9.63. The number of rotatable bonds is 3. The van der Waals surface area contributed by atoms with Gasteiger partial charge < -0.3 is 5.32 Å². The third-order valence-electron chi connectivity index (χ3n) is 6.99. The lowest BCUT2D eigenvalue weighted by Crippen LogP contribution is -2.46. The van der Waals surface area contributed by atoms with Crippen molar-refractivity contribution in [3.63, 3.8) is 0 Å². The molecule has 5 aliphatic rings. The summed E-state index contributed by atoms with van der Waals surface area (Å²) in [5.74, 6) is 0.145. The molecule has 1 aromatic carbocycles. The van der Waals surface area contributed by atoms with Crippen molar-refractivity contribution in [1.82, 2.24) is 4.90 Å². The van der Waals surface area contributed by atoms with Crippen LogP contribution in [0.3, 0.4) is 0 Å². The van der Waals surface area contributed by atoms with Gasteiger partial charge in [0, 0.05) is 10.7 Å². The SMILES string of the molecule is Cc1c(Cl)cccc1NC(=O)C(C)N1C(=O)C2C3C=CC(C4CC34)C2C1=O. The molecule has 7 unspecified atom stereocenters. The van der Waals surface area contributed by atoms with Gasteiger partial charge in [-0.2, -0.15) is 0 Å². The summed E-state index contributed by atoms with van der Waals surface area (Å²) in [5.41, 5.74) is 1.36. The quantitative estimate of drug-likeness (QED) is 0.643. The summed E-state index contributed by atoms with van der Waals surface area (Å²) >= 11 is 6.11. The standard InChI is InChI=1S/C21H21ClN2O3/c1-9-15(22)4-3-5-16(9)23-19(25)10(2)24-20(26)17-11-6-7-12(14-8-13(11)14)18(17)21(24)27/h3-7,10-14,17-18H,8H2,1-2H3,(H,23,25). The highest BCUT2D eigenvalue weighted by atomic mass is 35.5. The van der Waals surface area contributed by atoms with Crippen LogP contribution in [0.4, 0.5) is 5.69 Å². The third kappa shape index (κ3) is 2.27. The maximum atomic E-state index is 13.1. The average Bonchev–Trinajstić information content (AvgIpc) is 3.42. The van der Waals surface area contributed by atoms with Crippen molar-refractivity contribution in [1.29, 1.82) is 0 Å². The molecular formula is C21H21ClN2O3. The third-order valence-corrected chi connectivity index (χ3v) is 7.40. The van der Waals surface area contributed by atoms with E-state index in [1.807, 2.05) is 6.92 Å². The van der Waals surface area contributed by atoms with Gasteiger partial charge in [-0.25, -0.2) is 0 Å². The van der Waals surface area contributed by atoms with Crippen LogP contribution in [0.25, 0.3) is 0 Å². The zero-order valence-corrected chi connectivity index (χ0v) is 15.9. The molecule has 140 valence electrons. The second-order valence-electron chi connectivity index (χ2n) is 8.28.